The molecule has 28 heavy (non-hydrogen) atoms. The molecular weight excluding hydrogens is 384 g/mol. The molecule has 146 valence electrons. The molecule has 1 aliphatic heterocycles. The van der Waals surface area contributed by atoms with E-state index in [4.69, 9.17) is 31.5 Å². The summed E-state index contributed by atoms with van der Waals surface area (Å²) in [6.45, 7) is 0.298. The first-order valence-corrected chi connectivity index (χ1v) is 9.26. The highest BCUT2D eigenvalue weighted by Crippen LogP contribution is 2.32. The van der Waals surface area contributed by atoms with Gasteiger partial charge in [0.05, 0.1) is 11.5 Å². The number of anilines is 1. The minimum absolute atomic E-state index is 0.0870. The summed E-state index contributed by atoms with van der Waals surface area (Å²) < 4.78 is 18.1. The molecule has 0 spiro atoms. The molecule has 1 saturated heterocycles. The lowest BCUT2D eigenvalue weighted by Crippen LogP contribution is -2.20. The first-order valence-electron chi connectivity index (χ1n) is 8.88. The Kier molecular flexibility index (Phi) is 5.31. The maximum Gasteiger partial charge on any atom is 0.508 e. The van der Waals surface area contributed by atoms with Gasteiger partial charge in [-0.2, -0.15) is 4.98 Å². The summed E-state index contributed by atoms with van der Waals surface area (Å²) in [6.07, 6.45) is 2.16. The van der Waals surface area contributed by atoms with Crippen molar-refractivity contribution >= 4 is 34.6 Å². The number of carbonyl (C=O) groups excluding carboxylic acids is 1. The molecule has 1 unspecified atom stereocenters. The fourth-order valence-electron chi connectivity index (χ4n) is 3.19. The van der Waals surface area contributed by atoms with Crippen molar-refractivity contribution in [2.75, 3.05) is 12.3 Å². The predicted molar refractivity (Wildman–Crippen MR) is 103 cm³/mol. The molecule has 8 nitrogen and oxygen atoms in total. The molecule has 0 amide bonds. The number of carbonyl (C=O) groups is 1. The number of nitrogens with zero attached hydrogens (tertiary/aromatic N) is 3. The molecule has 3 aromatic rings. The average molecular weight is 403 g/mol. The number of benzene rings is 1. The quantitative estimate of drug-likeness (QED) is 0.512. The number of nitrogen functional groups attached to an aromatic ring is 1. The van der Waals surface area contributed by atoms with Gasteiger partial charge in [0, 0.05) is 6.20 Å². The number of halogens is 1. The Bertz CT molecular complexity index is 979. The SMILES string of the molecule is Nc1nc(Cl)nc2c1ccn2[C@H]1CCC(COC(=O)OCc2ccccc2)O1. The third-order valence-corrected chi connectivity index (χ3v) is 4.73. The molecule has 2 atom stereocenters. The van der Waals surface area contributed by atoms with Crippen LogP contribution in [0.3, 0.4) is 0 Å². The normalized spacial score (nSPS) is 19.0. The van der Waals surface area contributed by atoms with E-state index in [1.807, 2.05) is 47.2 Å². The molecule has 0 radical (unpaired) electrons. The zero-order chi connectivity index (χ0) is 19.5. The van der Waals surface area contributed by atoms with Crippen molar-refractivity contribution < 1.29 is 19.0 Å². The third kappa shape index (κ3) is 4.02. The minimum Gasteiger partial charge on any atom is -0.432 e. The summed E-state index contributed by atoms with van der Waals surface area (Å²) in [4.78, 5) is 20.0. The van der Waals surface area contributed by atoms with Gasteiger partial charge in [-0.25, -0.2) is 9.78 Å². The molecule has 1 aromatic carbocycles. The minimum atomic E-state index is -0.713. The summed E-state index contributed by atoms with van der Waals surface area (Å²) in [5, 5.41) is 0.807. The number of ether oxygens (including phenoxy) is 3. The van der Waals surface area contributed by atoms with E-state index in [9.17, 15) is 4.79 Å². The van der Waals surface area contributed by atoms with Crippen LogP contribution < -0.4 is 5.73 Å². The van der Waals surface area contributed by atoms with Crippen molar-refractivity contribution in [1.29, 1.82) is 0 Å². The van der Waals surface area contributed by atoms with Crippen LogP contribution in [0.2, 0.25) is 5.28 Å². The summed E-state index contributed by atoms with van der Waals surface area (Å²) in [5.74, 6) is 0.327. The van der Waals surface area contributed by atoms with Crippen LogP contribution in [0.4, 0.5) is 10.6 Å². The van der Waals surface area contributed by atoms with E-state index >= 15 is 0 Å². The lowest BCUT2D eigenvalue weighted by Gasteiger charge is -2.16. The van der Waals surface area contributed by atoms with E-state index < -0.39 is 6.16 Å². The van der Waals surface area contributed by atoms with Crippen LogP contribution in [0.5, 0.6) is 0 Å². The van der Waals surface area contributed by atoms with E-state index in [0.29, 0.717) is 11.5 Å². The molecule has 0 bridgehead atoms. The fraction of sp³-hybridized carbons (Fsp3) is 0.316. The van der Waals surface area contributed by atoms with Crippen LogP contribution in [-0.2, 0) is 20.8 Å². The monoisotopic (exact) mass is 402 g/mol. The zero-order valence-electron chi connectivity index (χ0n) is 15.0. The Hall–Kier alpha value is -2.84. The van der Waals surface area contributed by atoms with Gasteiger partial charge in [-0.3, -0.25) is 0 Å². The van der Waals surface area contributed by atoms with Crippen molar-refractivity contribution in [3.05, 3.63) is 53.4 Å². The smallest absolute Gasteiger partial charge is 0.432 e. The molecule has 3 heterocycles. The number of nitrogens with two attached hydrogens (primary N) is 1. The Labute approximate surface area is 166 Å². The lowest BCUT2D eigenvalue weighted by atomic mass is 10.2. The summed E-state index contributed by atoms with van der Waals surface area (Å²) in [6, 6.07) is 11.2. The van der Waals surface area contributed by atoms with Crippen molar-refractivity contribution in [3.63, 3.8) is 0 Å². The molecule has 0 aliphatic carbocycles. The molecule has 1 aliphatic rings. The van der Waals surface area contributed by atoms with Crippen LogP contribution in [-0.4, -0.2) is 33.4 Å². The Morgan fingerprint density at radius 2 is 2.04 bits per heavy atom. The largest absolute Gasteiger partial charge is 0.508 e. The zero-order valence-corrected chi connectivity index (χ0v) is 15.7. The van der Waals surface area contributed by atoms with Crippen molar-refractivity contribution in [2.24, 2.45) is 0 Å². The molecule has 2 N–H and O–H groups in total. The van der Waals surface area contributed by atoms with Gasteiger partial charge in [-0.1, -0.05) is 30.3 Å². The Morgan fingerprint density at radius 3 is 2.86 bits per heavy atom. The van der Waals surface area contributed by atoms with Gasteiger partial charge in [0.1, 0.15) is 30.9 Å². The second-order valence-electron chi connectivity index (χ2n) is 6.46. The van der Waals surface area contributed by atoms with Gasteiger partial charge in [0.25, 0.3) is 0 Å². The van der Waals surface area contributed by atoms with Crippen LogP contribution in [0, 0.1) is 0 Å². The fourth-order valence-corrected chi connectivity index (χ4v) is 3.37. The number of fused-ring (bicyclic) bond motifs is 1. The van der Waals surface area contributed by atoms with E-state index in [2.05, 4.69) is 9.97 Å². The summed E-state index contributed by atoms with van der Waals surface area (Å²) in [5.41, 5.74) is 7.40. The van der Waals surface area contributed by atoms with Gasteiger partial charge in [0.15, 0.2) is 0 Å². The van der Waals surface area contributed by atoms with E-state index in [0.717, 1.165) is 23.8 Å². The highest BCUT2D eigenvalue weighted by Gasteiger charge is 2.29. The first kappa shape index (κ1) is 18.5. The molecule has 2 aromatic heterocycles. The van der Waals surface area contributed by atoms with Crippen LogP contribution in [0.1, 0.15) is 24.6 Å². The molecular formula is C19H19ClN4O4. The molecule has 4 rings (SSSR count). The summed E-state index contributed by atoms with van der Waals surface area (Å²) in [7, 11) is 0. The Morgan fingerprint density at radius 1 is 1.21 bits per heavy atom. The molecule has 9 heteroatoms. The van der Waals surface area contributed by atoms with E-state index in [-0.39, 0.29) is 30.8 Å². The highest BCUT2D eigenvalue weighted by molar-refractivity contribution is 6.28. The predicted octanol–water partition coefficient (Wildman–Crippen LogP) is 3.70. The summed E-state index contributed by atoms with van der Waals surface area (Å²) >= 11 is 5.92. The van der Waals surface area contributed by atoms with Gasteiger partial charge in [-0.15, -0.1) is 0 Å². The highest BCUT2D eigenvalue weighted by atomic mass is 35.5. The van der Waals surface area contributed by atoms with Gasteiger partial charge < -0.3 is 24.5 Å². The standard InChI is InChI=1S/C19H19ClN4O4/c20-18-22-16(21)14-8-9-24(17(14)23-18)15-7-6-13(28-15)11-27-19(25)26-10-12-4-2-1-3-5-12/h1-5,8-9,13,15H,6-7,10-11H2,(H2,21,22,23)/t13?,15-/m1/s1. The van der Waals surface area contributed by atoms with Gasteiger partial charge >= 0.3 is 6.16 Å². The second-order valence-corrected chi connectivity index (χ2v) is 6.80. The lowest BCUT2D eigenvalue weighted by molar-refractivity contribution is -0.0379. The maximum atomic E-state index is 11.8. The number of aromatic nitrogens is 3. The van der Waals surface area contributed by atoms with Crippen LogP contribution >= 0.6 is 11.6 Å². The van der Waals surface area contributed by atoms with Gasteiger partial charge in [0.2, 0.25) is 5.28 Å². The van der Waals surface area contributed by atoms with Crippen LogP contribution in [0.25, 0.3) is 11.0 Å². The third-order valence-electron chi connectivity index (χ3n) is 4.56. The van der Waals surface area contributed by atoms with Gasteiger partial charge in [-0.05, 0) is 36.1 Å². The maximum absolute atomic E-state index is 11.8. The average Bonchev–Trinajstić information content (AvgIpc) is 3.32. The van der Waals surface area contributed by atoms with E-state index in [1.165, 1.54) is 0 Å². The molecule has 0 saturated carbocycles. The van der Waals surface area contributed by atoms with Crippen LogP contribution in [0.15, 0.2) is 42.6 Å². The Balaban J connectivity index is 1.30. The number of rotatable bonds is 5. The first-order chi connectivity index (χ1) is 13.6. The number of hydrogen-bond donors (Lipinski definition) is 1. The van der Waals surface area contributed by atoms with E-state index in [1.54, 1.807) is 0 Å². The van der Waals surface area contributed by atoms with Crippen molar-refractivity contribution in [1.82, 2.24) is 14.5 Å². The number of hydrogen-bond acceptors (Lipinski definition) is 7. The van der Waals surface area contributed by atoms with Crippen molar-refractivity contribution in [3.8, 4) is 0 Å². The second kappa shape index (κ2) is 8.04. The van der Waals surface area contributed by atoms with Crippen molar-refractivity contribution in [2.45, 2.75) is 31.8 Å². The topological polar surface area (TPSA) is 101 Å². The molecule has 1 fully saturated rings.